The van der Waals surface area contributed by atoms with Gasteiger partial charge in [0.05, 0.1) is 11.1 Å². The molecule has 1 aliphatic rings. The van der Waals surface area contributed by atoms with Crippen molar-refractivity contribution >= 4 is 5.91 Å². The highest BCUT2D eigenvalue weighted by Gasteiger charge is 2.35. The number of aromatic nitrogens is 2. The molecule has 1 saturated heterocycles. The Kier molecular flexibility index (Phi) is 4.39. The standard InChI is InChI=1S/C19H14F3N3O2/c20-11-7-8-12(15(22)10-11)17-23-18(27-24-17)16-6-3-9-25(16)19(26)13-4-1-2-5-14(13)21/h1-2,4-5,7-8,10,16H,3,6,9H2/t16-/m0/s1. The first-order valence-electron chi connectivity index (χ1n) is 8.39. The number of hydrogen-bond donors (Lipinski definition) is 0. The lowest BCUT2D eigenvalue weighted by atomic mass is 10.1. The van der Waals surface area contributed by atoms with Crippen molar-refractivity contribution in [2.24, 2.45) is 0 Å². The van der Waals surface area contributed by atoms with Gasteiger partial charge in [-0.2, -0.15) is 4.98 Å². The number of benzene rings is 2. The minimum Gasteiger partial charge on any atom is -0.337 e. The number of hydrogen-bond acceptors (Lipinski definition) is 4. The van der Waals surface area contributed by atoms with E-state index in [1.807, 2.05) is 0 Å². The predicted molar refractivity (Wildman–Crippen MR) is 89.1 cm³/mol. The van der Waals surface area contributed by atoms with Crippen LogP contribution in [-0.4, -0.2) is 27.5 Å². The zero-order valence-corrected chi connectivity index (χ0v) is 14.0. The Morgan fingerprint density at radius 3 is 2.70 bits per heavy atom. The average molecular weight is 373 g/mol. The largest absolute Gasteiger partial charge is 0.337 e. The Labute approximate surface area is 152 Å². The van der Waals surface area contributed by atoms with Crippen molar-refractivity contribution in [2.45, 2.75) is 18.9 Å². The molecule has 2 heterocycles. The van der Waals surface area contributed by atoms with Crippen molar-refractivity contribution in [3.63, 3.8) is 0 Å². The van der Waals surface area contributed by atoms with Crippen LogP contribution in [0.15, 0.2) is 47.0 Å². The third-order valence-electron chi connectivity index (χ3n) is 4.52. The molecule has 0 N–H and O–H groups in total. The van der Waals surface area contributed by atoms with Gasteiger partial charge in [0.15, 0.2) is 0 Å². The van der Waals surface area contributed by atoms with Crippen molar-refractivity contribution in [1.82, 2.24) is 15.0 Å². The van der Waals surface area contributed by atoms with E-state index in [2.05, 4.69) is 10.1 Å². The molecule has 138 valence electrons. The summed E-state index contributed by atoms with van der Waals surface area (Å²) in [5.41, 5.74) is -0.0369. The third kappa shape index (κ3) is 3.18. The van der Waals surface area contributed by atoms with Crippen LogP contribution in [0.1, 0.15) is 35.1 Å². The van der Waals surface area contributed by atoms with Crippen molar-refractivity contribution in [2.75, 3.05) is 6.54 Å². The van der Waals surface area contributed by atoms with E-state index in [4.69, 9.17) is 4.52 Å². The van der Waals surface area contributed by atoms with Crippen molar-refractivity contribution in [3.8, 4) is 11.4 Å². The van der Waals surface area contributed by atoms with E-state index in [0.717, 1.165) is 12.1 Å². The minimum atomic E-state index is -0.812. The average Bonchev–Trinajstić information content (AvgIpc) is 3.31. The SMILES string of the molecule is O=C(c1ccccc1F)N1CCC[C@H]1c1nc(-c2ccc(F)cc2F)no1. The van der Waals surface area contributed by atoms with E-state index in [-0.39, 0.29) is 22.8 Å². The van der Waals surface area contributed by atoms with Crippen LogP contribution in [0.25, 0.3) is 11.4 Å². The van der Waals surface area contributed by atoms with E-state index in [1.165, 1.54) is 29.2 Å². The summed E-state index contributed by atoms with van der Waals surface area (Å²) in [6.45, 7) is 0.417. The minimum absolute atomic E-state index is 0.00335. The Bertz CT molecular complexity index is 1010. The van der Waals surface area contributed by atoms with Crippen LogP contribution in [0.5, 0.6) is 0 Å². The van der Waals surface area contributed by atoms with Gasteiger partial charge in [-0.3, -0.25) is 4.79 Å². The Morgan fingerprint density at radius 1 is 1.11 bits per heavy atom. The van der Waals surface area contributed by atoms with Crippen molar-refractivity contribution < 1.29 is 22.5 Å². The van der Waals surface area contributed by atoms with E-state index in [9.17, 15) is 18.0 Å². The maximum Gasteiger partial charge on any atom is 0.257 e. The molecular weight excluding hydrogens is 359 g/mol. The summed E-state index contributed by atoms with van der Waals surface area (Å²) in [4.78, 5) is 18.4. The highest BCUT2D eigenvalue weighted by molar-refractivity contribution is 5.94. The molecule has 5 nitrogen and oxygen atoms in total. The van der Waals surface area contributed by atoms with E-state index in [1.54, 1.807) is 6.07 Å². The first-order valence-corrected chi connectivity index (χ1v) is 8.39. The molecule has 0 saturated carbocycles. The molecule has 0 radical (unpaired) electrons. The molecule has 4 rings (SSSR count). The summed E-state index contributed by atoms with van der Waals surface area (Å²) in [7, 11) is 0. The number of likely N-dealkylation sites (tertiary alicyclic amines) is 1. The fourth-order valence-corrected chi connectivity index (χ4v) is 3.21. The molecule has 0 aliphatic carbocycles. The maximum absolute atomic E-state index is 14.0. The van der Waals surface area contributed by atoms with Gasteiger partial charge in [-0.1, -0.05) is 17.3 Å². The summed E-state index contributed by atoms with van der Waals surface area (Å²) in [5.74, 6) is -2.50. The van der Waals surface area contributed by atoms with Crippen LogP contribution >= 0.6 is 0 Å². The second-order valence-electron chi connectivity index (χ2n) is 6.22. The number of rotatable bonds is 3. The zero-order chi connectivity index (χ0) is 19.0. The number of amides is 1. The smallest absolute Gasteiger partial charge is 0.257 e. The quantitative estimate of drug-likeness (QED) is 0.693. The molecule has 1 atom stereocenters. The molecule has 1 aliphatic heterocycles. The van der Waals surface area contributed by atoms with E-state index >= 15 is 0 Å². The fourth-order valence-electron chi connectivity index (χ4n) is 3.21. The fraction of sp³-hybridized carbons (Fsp3) is 0.211. The summed E-state index contributed by atoms with van der Waals surface area (Å²) in [5, 5.41) is 3.74. The Balaban J connectivity index is 1.62. The van der Waals surface area contributed by atoms with Crippen LogP contribution in [0, 0.1) is 17.5 Å². The molecule has 3 aromatic rings. The van der Waals surface area contributed by atoms with Gasteiger partial charge in [-0.25, -0.2) is 13.2 Å². The monoisotopic (exact) mass is 373 g/mol. The van der Waals surface area contributed by atoms with Gasteiger partial charge >= 0.3 is 0 Å². The Morgan fingerprint density at radius 2 is 1.93 bits per heavy atom. The second-order valence-corrected chi connectivity index (χ2v) is 6.22. The van der Waals surface area contributed by atoms with Crippen molar-refractivity contribution in [1.29, 1.82) is 0 Å². The normalized spacial score (nSPS) is 16.7. The maximum atomic E-state index is 14.0. The van der Waals surface area contributed by atoms with Gasteiger partial charge in [0.1, 0.15) is 23.5 Å². The molecule has 0 unspecified atom stereocenters. The van der Waals surface area contributed by atoms with E-state index in [0.29, 0.717) is 19.4 Å². The molecule has 27 heavy (non-hydrogen) atoms. The first-order chi connectivity index (χ1) is 13.0. The van der Waals surface area contributed by atoms with E-state index < -0.39 is 29.4 Å². The highest BCUT2D eigenvalue weighted by atomic mass is 19.1. The summed E-state index contributed by atoms with van der Waals surface area (Å²) in [6, 6.07) is 8.25. The van der Waals surface area contributed by atoms with Gasteiger partial charge in [0.25, 0.3) is 5.91 Å². The highest BCUT2D eigenvalue weighted by Crippen LogP contribution is 2.33. The van der Waals surface area contributed by atoms with Gasteiger partial charge < -0.3 is 9.42 Å². The lowest BCUT2D eigenvalue weighted by molar-refractivity contribution is 0.0705. The third-order valence-corrected chi connectivity index (χ3v) is 4.52. The Hall–Kier alpha value is -3.16. The van der Waals surface area contributed by atoms with Crippen LogP contribution in [0.3, 0.4) is 0 Å². The summed E-state index contributed by atoms with van der Waals surface area (Å²) >= 11 is 0. The van der Waals surface area contributed by atoms with Crippen LogP contribution in [0.4, 0.5) is 13.2 Å². The van der Waals surface area contributed by atoms with Gasteiger partial charge in [-0.05, 0) is 37.1 Å². The number of carbonyl (C=O) groups is 1. The number of halogens is 3. The van der Waals surface area contributed by atoms with Crippen molar-refractivity contribution in [3.05, 3.63) is 71.4 Å². The molecule has 1 aromatic heterocycles. The van der Waals surface area contributed by atoms with Gasteiger partial charge in [0.2, 0.25) is 11.7 Å². The summed E-state index contributed by atoms with van der Waals surface area (Å²) in [6.07, 6.45) is 1.25. The molecular formula is C19H14F3N3O2. The summed E-state index contributed by atoms with van der Waals surface area (Å²) < 4.78 is 46.2. The number of nitrogens with zero attached hydrogens (tertiary/aromatic N) is 3. The zero-order valence-electron chi connectivity index (χ0n) is 14.0. The lowest BCUT2D eigenvalue weighted by Gasteiger charge is -2.22. The topological polar surface area (TPSA) is 59.2 Å². The molecule has 2 aromatic carbocycles. The van der Waals surface area contributed by atoms with Gasteiger partial charge in [0, 0.05) is 12.6 Å². The second kappa shape index (κ2) is 6.86. The molecule has 8 heteroatoms. The van der Waals surface area contributed by atoms with Crippen LogP contribution in [0.2, 0.25) is 0 Å². The predicted octanol–water partition coefficient (Wildman–Crippen LogP) is 4.13. The first kappa shape index (κ1) is 17.3. The molecule has 0 bridgehead atoms. The lowest BCUT2D eigenvalue weighted by Crippen LogP contribution is -2.31. The molecule has 1 fully saturated rings. The molecule has 1 amide bonds. The van der Waals surface area contributed by atoms with Crippen LogP contribution < -0.4 is 0 Å². The number of carbonyl (C=O) groups excluding carboxylic acids is 1. The molecule has 0 spiro atoms. The van der Waals surface area contributed by atoms with Gasteiger partial charge in [-0.15, -0.1) is 0 Å². The van der Waals surface area contributed by atoms with Crippen LogP contribution in [-0.2, 0) is 0 Å².